The van der Waals surface area contributed by atoms with Crippen LogP contribution in [0.5, 0.6) is 0 Å². The van der Waals surface area contributed by atoms with Gasteiger partial charge in [0.2, 0.25) is 0 Å². The average molecular weight is 459 g/mol. The molecule has 1 aromatic carbocycles. The summed E-state index contributed by atoms with van der Waals surface area (Å²) in [5.41, 5.74) is 8.07. The van der Waals surface area contributed by atoms with Gasteiger partial charge in [0.15, 0.2) is 5.96 Å². The van der Waals surface area contributed by atoms with Gasteiger partial charge in [-0.25, -0.2) is 0 Å². The van der Waals surface area contributed by atoms with Crippen LogP contribution < -0.4 is 11.1 Å². The third-order valence-electron chi connectivity index (χ3n) is 3.68. The molecule has 0 atom stereocenters. The smallest absolute Gasteiger partial charge is 0.188 e. The largest absolute Gasteiger partial charge is 0.370 e. The van der Waals surface area contributed by atoms with Gasteiger partial charge in [0, 0.05) is 35.3 Å². The minimum atomic E-state index is -0.0993. The van der Waals surface area contributed by atoms with Crippen LogP contribution in [0.15, 0.2) is 53.7 Å². The Labute approximate surface area is 165 Å². The molecule has 0 spiro atoms. The van der Waals surface area contributed by atoms with Gasteiger partial charge < -0.3 is 11.1 Å². The zero-order chi connectivity index (χ0) is 16.7. The molecule has 0 saturated heterocycles. The number of halogens is 2. The molecular weight excluding hydrogens is 435 g/mol. The molecule has 0 aliphatic carbocycles. The number of aromatic nitrogens is 1. The van der Waals surface area contributed by atoms with Crippen molar-refractivity contribution < 1.29 is 0 Å². The molecule has 1 aromatic heterocycles. The highest BCUT2D eigenvalue weighted by molar-refractivity contribution is 14.0. The van der Waals surface area contributed by atoms with E-state index in [9.17, 15) is 0 Å². The summed E-state index contributed by atoms with van der Waals surface area (Å²) in [6.07, 6.45) is 2.61. The average Bonchev–Trinajstić information content (AvgIpc) is 2.54. The van der Waals surface area contributed by atoms with E-state index in [4.69, 9.17) is 17.3 Å². The first-order valence-corrected chi connectivity index (χ1v) is 8.05. The highest BCUT2D eigenvalue weighted by Gasteiger charge is 2.20. The lowest BCUT2D eigenvalue weighted by Gasteiger charge is -2.23. The van der Waals surface area contributed by atoms with Gasteiger partial charge >= 0.3 is 0 Å². The molecule has 2 aromatic rings. The number of nitrogens with zero attached hydrogens (tertiary/aromatic N) is 2. The first-order valence-electron chi connectivity index (χ1n) is 7.67. The van der Waals surface area contributed by atoms with Gasteiger partial charge in [-0.2, -0.15) is 0 Å². The van der Waals surface area contributed by atoms with Crippen molar-refractivity contribution in [3.8, 4) is 0 Å². The number of aliphatic imine (C=N–C) groups is 1. The second-order valence-electron chi connectivity index (χ2n) is 6.09. The Morgan fingerprint density at radius 3 is 2.54 bits per heavy atom. The van der Waals surface area contributed by atoms with Gasteiger partial charge in [-0.15, -0.1) is 24.0 Å². The molecule has 130 valence electrons. The van der Waals surface area contributed by atoms with Crippen LogP contribution in [0, 0.1) is 0 Å². The Hall–Kier alpha value is -1.34. The van der Waals surface area contributed by atoms with Crippen LogP contribution >= 0.6 is 35.6 Å². The highest BCUT2D eigenvalue weighted by atomic mass is 127. The standard InChI is InChI=1S/C18H23ClN4.HI/c1-18(2,14-6-8-15(19)9-7-14)13-23-17(20)22-12-10-16-5-3-4-11-21-16;/h3-9,11H,10,12-13H2,1-2H3,(H3,20,22,23);1H. The molecule has 0 aliphatic heterocycles. The molecule has 4 nitrogen and oxygen atoms in total. The summed E-state index contributed by atoms with van der Waals surface area (Å²) in [6.45, 7) is 5.60. The first kappa shape index (κ1) is 20.7. The Kier molecular flexibility index (Phi) is 8.48. The van der Waals surface area contributed by atoms with E-state index in [1.807, 2.05) is 42.5 Å². The van der Waals surface area contributed by atoms with Crippen LogP contribution in [-0.2, 0) is 11.8 Å². The molecule has 1 heterocycles. The monoisotopic (exact) mass is 458 g/mol. The third-order valence-corrected chi connectivity index (χ3v) is 3.94. The maximum Gasteiger partial charge on any atom is 0.188 e. The second-order valence-corrected chi connectivity index (χ2v) is 6.53. The fourth-order valence-electron chi connectivity index (χ4n) is 2.20. The topological polar surface area (TPSA) is 63.3 Å². The van der Waals surface area contributed by atoms with E-state index in [0.29, 0.717) is 19.0 Å². The van der Waals surface area contributed by atoms with Gasteiger partial charge in [0.05, 0.1) is 6.54 Å². The maximum atomic E-state index is 5.94. The lowest BCUT2D eigenvalue weighted by atomic mass is 9.85. The summed E-state index contributed by atoms with van der Waals surface area (Å²) >= 11 is 5.93. The van der Waals surface area contributed by atoms with E-state index in [-0.39, 0.29) is 29.4 Å². The summed E-state index contributed by atoms with van der Waals surface area (Å²) in [5, 5.41) is 3.87. The Morgan fingerprint density at radius 2 is 1.92 bits per heavy atom. The van der Waals surface area contributed by atoms with Crippen LogP contribution in [0.3, 0.4) is 0 Å². The molecule has 0 amide bonds. The molecule has 0 bridgehead atoms. The number of rotatable bonds is 6. The van der Waals surface area contributed by atoms with E-state index >= 15 is 0 Å². The molecular formula is C18H24ClIN4. The molecule has 3 N–H and O–H groups in total. The quantitative estimate of drug-likeness (QED) is 0.393. The normalized spacial score (nSPS) is 11.7. The van der Waals surface area contributed by atoms with Gasteiger partial charge in [0.25, 0.3) is 0 Å². The van der Waals surface area contributed by atoms with Crippen LogP contribution in [0.4, 0.5) is 0 Å². The molecule has 0 radical (unpaired) electrons. The van der Waals surface area contributed by atoms with Crippen molar-refractivity contribution in [2.75, 3.05) is 13.1 Å². The van der Waals surface area contributed by atoms with E-state index in [0.717, 1.165) is 17.1 Å². The van der Waals surface area contributed by atoms with E-state index < -0.39 is 0 Å². The predicted octanol–water partition coefficient (Wildman–Crippen LogP) is 3.78. The van der Waals surface area contributed by atoms with E-state index in [1.54, 1.807) is 6.20 Å². The molecule has 24 heavy (non-hydrogen) atoms. The van der Waals surface area contributed by atoms with Crippen molar-refractivity contribution in [2.45, 2.75) is 25.7 Å². The van der Waals surface area contributed by atoms with Crippen LogP contribution in [-0.4, -0.2) is 24.0 Å². The SMILES string of the molecule is CC(C)(CN=C(N)NCCc1ccccn1)c1ccc(Cl)cc1.I. The second kappa shape index (κ2) is 9.84. The number of nitrogens with one attached hydrogen (secondary N) is 1. The third kappa shape index (κ3) is 6.65. The number of hydrogen-bond acceptors (Lipinski definition) is 2. The summed E-state index contributed by atoms with van der Waals surface area (Å²) in [7, 11) is 0. The molecule has 0 fully saturated rings. The van der Waals surface area contributed by atoms with Crippen LogP contribution in [0.1, 0.15) is 25.1 Å². The van der Waals surface area contributed by atoms with Crippen molar-refractivity contribution in [2.24, 2.45) is 10.7 Å². The number of hydrogen-bond donors (Lipinski definition) is 2. The zero-order valence-electron chi connectivity index (χ0n) is 14.0. The molecule has 2 rings (SSSR count). The number of benzene rings is 1. The first-order chi connectivity index (χ1) is 11.0. The van der Waals surface area contributed by atoms with Crippen molar-refractivity contribution >= 4 is 41.5 Å². The van der Waals surface area contributed by atoms with Crippen LogP contribution in [0.2, 0.25) is 5.02 Å². The lowest BCUT2D eigenvalue weighted by Crippen LogP contribution is -2.35. The van der Waals surface area contributed by atoms with Crippen molar-refractivity contribution in [3.05, 3.63) is 64.9 Å². The van der Waals surface area contributed by atoms with Gasteiger partial charge in [-0.1, -0.05) is 43.6 Å². The molecule has 0 aliphatic rings. The highest BCUT2D eigenvalue weighted by Crippen LogP contribution is 2.24. The van der Waals surface area contributed by atoms with Gasteiger partial charge in [0.1, 0.15) is 0 Å². The Bertz CT molecular complexity index is 642. The number of nitrogens with two attached hydrogens (primary N) is 1. The van der Waals surface area contributed by atoms with E-state index in [2.05, 4.69) is 29.1 Å². The summed E-state index contributed by atoms with van der Waals surface area (Å²) < 4.78 is 0. The number of pyridine rings is 1. The lowest BCUT2D eigenvalue weighted by molar-refractivity contribution is 0.539. The molecule has 0 saturated carbocycles. The van der Waals surface area contributed by atoms with Crippen molar-refractivity contribution in [1.29, 1.82) is 0 Å². The Morgan fingerprint density at radius 1 is 1.21 bits per heavy atom. The van der Waals surface area contributed by atoms with Crippen molar-refractivity contribution in [3.63, 3.8) is 0 Å². The maximum absolute atomic E-state index is 5.94. The van der Waals surface area contributed by atoms with Crippen molar-refractivity contribution in [1.82, 2.24) is 10.3 Å². The van der Waals surface area contributed by atoms with Gasteiger partial charge in [-0.05, 0) is 29.8 Å². The predicted molar refractivity (Wildman–Crippen MR) is 112 cm³/mol. The fourth-order valence-corrected chi connectivity index (χ4v) is 2.32. The van der Waals surface area contributed by atoms with E-state index in [1.165, 1.54) is 5.56 Å². The fraction of sp³-hybridized carbons (Fsp3) is 0.333. The number of guanidine groups is 1. The van der Waals surface area contributed by atoms with Gasteiger partial charge in [-0.3, -0.25) is 9.98 Å². The van der Waals surface area contributed by atoms with Crippen LogP contribution in [0.25, 0.3) is 0 Å². The summed E-state index contributed by atoms with van der Waals surface area (Å²) in [5.74, 6) is 0.461. The summed E-state index contributed by atoms with van der Waals surface area (Å²) in [4.78, 5) is 8.73. The zero-order valence-corrected chi connectivity index (χ0v) is 17.1. The Balaban J connectivity index is 0.00000288. The molecule has 6 heteroatoms. The summed E-state index contributed by atoms with van der Waals surface area (Å²) in [6, 6.07) is 13.7. The minimum absolute atomic E-state index is 0. The minimum Gasteiger partial charge on any atom is -0.370 e. The molecule has 0 unspecified atom stereocenters.